The van der Waals surface area contributed by atoms with Gasteiger partial charge in [0.2, 0.25) is 5.75 Å². The summed E-state index contributed by atoms with van der Waals surface area (Å²) in [4.78, 5) is 22.8. The first kappa shape index (κ1) is 26.3. The van der Waals surface area contributed by atoms with Crippen LogP contribution in [0.25, 0.3) is 10.2 Å². The van der Waals surface area contributed by atoms with E-state index in [1.54, 1.807) is 21.3 Å². The first-order valence-corrected chi connectivity index (χ1v) is 13.1. The van der Waals surface area contributed by atoms with E-state index in [0.29, 0.717) is 34.6 Å². The number of carbonyl (C=O) groups is 1. The quantitative estimate of drug-likeness (QED) is 0.282. The Hall–Kier alpha value is -4.31. The van der Waals surface area contributed by atoms with Crippen molar-refractivity contribution in [2.75, 3.05) is 33.3 Å². The second-order valence-corrected chi connectivity index (χ2v) is 10.1. The molecule has 1 aliphatic rings. The number of hydrogen-bond donors (Lipinski definition) is 1. The highest BCUT2D eigenvalue weighted by Gasteiger charge is 2.27. The standard InChI is InChI=1S/C29H29N3O6S/c1-16-6-9-20-26(10-16)39-29(30-20)31-27(33)15-37-22-11-18(8-7-17(22)2)23-14-21(32-38-23)19-12-24(34-3)28(36-5)25(13-19)35-4/h6-13,23H,14-15H2,1-5H3,(H,30,31,33). The highest BCUT2D eigenvalue weighted by molar-refractivity contribution is 7.22. The monoisotopic (exact) mass is 547 g/mol. The van der Waals surface area contributed by atoms with Gasteiger partial charge in [0.1, 0.15) is 5.75 Å². The number of thiazole rings is 1. The van der Waals surface area contributed by atoms with E-state index in [1.807, 2.05) is 56.3 Å². The van der Waals surface area contributed by atoms with Crippen LogP contribution in [0.3, 0.4) is 0 Å². The molecule has 5 rings (SSSR count). The van der Waals surface area contributed by atoms with Crippen LogP contribution in [0.4, 0.5) is 5.13 Å². The Bertz CT molecular complexity index is 1540. The van der Waals surface area contributed by atoms with Gasteiger partial charge < -0.3 is 23.8 Å². The first-order valence-electron chi connectivity index (χ1n) is 12.3. The van der Waals surface area contributed by atoms with E-state index in [1.165, 1.54) is 11.3 Å². The molecule has 1 N–H and O–H groups in total. The lowest BCUT2D eigenvalue weighted by molar-refractivity contribution is -0.118. The molecule has 1 unspecified atom stereocenters. The fourth-order valence-corrected chi connectivity index (χ4v) is 5.31. The van der Waals surface area contributed by atoms with Crippen molar-refractivity contribution >= 4 is 38.3 Å². The second-order valence-electron chi connectivity index (χ2n) is 9.10. The smallest absolute Gasteiger partial charge is 0.264 e. The van der Waals surface area contributed by atoms with Gasteiger partial charge in [-0.25, -0.2) is 4.98 Å². The Morgan fingerprint density at radius 3 is 2.49 bits per heavy atom. The molecule has 10 heteroatoms. The molecule has 0 radical (unpaired) electrons. The number of aromatic nitrogens is 1. The number of nitrogens with one attached hydrogen (secondary N) is 1. The number of benzene rings is 3. The molecule has 1 aliphatic heterocycles. The average Bonchev–Trinajstić information content (AvgIpc) is 3.58. The molecule has 0 saturated heterocycles. The summed E-state index contributed by atoms with van der Waals surface area (Å²) in [7, 11) is 4.71. The Morgan fingerprint density at radius 1 is 1.00 bits per heavy atom. The highest BCUT2D eigenvalue weighted by Crippen LogP contribution is 2.40. The van der Waals surface area contributed by atoms with Crippen molar-refractivity contribution in [2.45, 2.75) is 26.4 Å². The van der Waals surface area contributed by atoms with Gasteiger partial charge in [-0.15, -0.1) is 0 Å². The van der Waals surface area contributed by atoms with Gasteiger partial charge in [0.25, 0.3) is 5.91 Å². The van der Waals surface area contributed by atoms with E-state index < -0.39 is 0 Å². The zero-order valence-electron chi connectivity index (χ0n) is 22.4. The lowest BCUT2D eigenvalue weighted by atomic mass is 9.98. The number of fused-ring (bicyclic) bond motifs is 1. The Kier molecular flexibility index (Phi) is 7.56. The largest absolute Gasteiger partial charge is 0.493 e. The summed E-state index contributed by atoms with van der Waals surface area (Å²) in [5.41, 5.74) is 5.38. The zero-order valence-corrected chi connectivity index (χ0v) is 23.2. The predicted octanol–water partition coefficient (Wildman–Crippen LogP) is 5.82. The maximum atomic E-state index is 12.6. The minimum absolute atomic E-state index is 0.141. The molecule has 0 bridgehead atoms. The summed E-state index contributed by atoms with van der Waals surface area (Å²) >= 11 is 1.44. The number of hydrogen-bond acceptors (Lipinski definition) is 9. The molecule has 202 valence electrons. The summed E-state index contributed by atoms with van der Waals surface area (Å²) in [6, 6.07) is 15.5. The van der Waals surface area contributed by atoms with Crippen molar-refractivity contribution in [1.82, 2.24) is 4.98 Å². The maximum absolute atomic E-state index is 12.6. The number of ether oxygens (including phenoxy) is 4. The number of aryl methyl sites for hydroxylation is 2. The van der Waals surface area contributed by atoms with Crippen molar-refractivity contribution in [3.05, 3.63) is 70.8 Å². The molecule has 4 aromatic rings. The van der Waals surface area contributed by atoms with Gasteiger partial charge in [0.15, 0.2) is 29.3 Å². The van der Waals surface area contributed by atoms with Crippen molar-refractivity contribution in [3.63, 3.8) is 0 Å². The van der Waals surface area contributed by atoms with Crippen LogP contribution in [-0.2, 0) is 9.63 Å². The molecule has 0 saturated carbocycles. The van der Waals surface area contributed by atoms with E-state index in [0.717, 1.165) is 38.2 Å². The van der Waals surface area contributed by atoms with Crippen molar-refractivity contribution < 1.29 is 28.6 Å². The van der Waals surface area contributed by atoms with E-state index in [9.17, 15) is 4.79 Å². The minimum Gasteiger partial charge on any atom is -0.493 e. The number of rotatable bonds is 9. The normalized spacial score (nSPS) is 14.5. The molecule has 0 aliphatic carbocycles. The molecule has 3 aromatic carbocycles. The van der Waals surface area contributed by atoms with Crippen LogP contribution in [0.2, 0.25) is 0 Å². The van der Waals surface area contributed by atoms with Gasteiger partial charge in [-0.1, -0.05) is 34.7 Å². The second kappa shape index (κ2) is 11.2. The molecule has 2 heterocycles. The topological polar surface area (TPSA) is 100 Å². The lowest BCUT2D eigenvalue weighted by Crippen LogP contribution is -2.20. The fraction of sp³-hybridized carbons (Fsp3) is 0.276. The van der Waals surface area contributed by atoms with Gasteiger partial charge in [0, 0.05) is 12.0 Å². The van der Waals surface area contributed by atoms with Gasteiger partial charge in [-0.05, 0) is 60.9 Å². The third-order valence-electron chi connectivity index (χ3n) is 6.40. The van der Waals surface area contributed by atoms with Crippen molar-refractivity contribution in [3.8, 4) is 23.0 Å². The summed E-state index contributed by atoms with van der Waals surface area (Å²) < 4.78 is 23.3. The zero-order chi connectivity index (χ0) is 27.5. The summed E-state index contributed by atoms with van der Waals surface area (Å²) in [6.45, 7) is 3.82. The number of anilines is 1. The first-order chi connectivity index (χ1) is 18.9. The van der Waals surface area contributed by atoms with E-state index in [2.05, 4.69) is 21.5 Å². The minimum atomic E-state index is -0.304. The predicted molar refractivity (Wildman–Crippen MR) is 151 cm³/mol. The van der Waals surface area contributed by atoms with Gasteiger partial charge in [-0.2, -0.15) is 0 Å². The lowest BCUT2D eigenvalue weighted by Gasteiger charge is -2.14. The molecule has 1 amide bonds. The maximum Gasteiger partial charge on any atom is 0.264 e. The van der Waals surface area contributed by atoms with Gasteiger partial charge >= 0.3 is 0 Å². The fourth-order valence-electron chi connectivity index (χ4n) is 4.33. The van der Waals surface area contributed by atoms with E-state index in [-0.39, 0.29) is 18.6 Å². The molecule has 1 aromatic heterocycles. The van der Waals surface area contributed by atoms with Crippen LogP contribution in [0.5, 0.6) is 23.0 Å². The van der Waals surface area contributed by atoms with Crippen LogP contribution >= 0.6 is 11.3 Å². The van der Waals surface area contributed by atoms with E-state index in [4.69, 9.17) is 23.8 Å². The summed E-state index contributed by atoms with van der Waals surface area (Å²) in [5, 5.41) is 7.70. The number of nitrogens with zero attached hydrogens (tertiary/aromatic N) is 2. The number of carbonyl (C=O) groups excluding carboxylic acids is 1. The van der Waals surface area contributed by atoms with Crippen LogP contribution in [0, 0.1) is 13.8 Å². The number of amides is 1. The third kappa shape index (κ3) is 5.61. The third-order valence-corrected chi connectivity index (χ3v) is 7.33. The summed E-state index contributed by atoms with van der Waals surface area (Å²) in [6.07, 6.45) is 0.237. The Labute approximate surface area is 230 Å². The Balaban J connectivity index is 1.24. The molecular weight excluding hydrogens is 518 g/mol. The van der Waals surface area contributed by atoms with Gasteiger partial charge in [-0.3, -0.25) is 10.1 Å². The number of oxime groups is 1. The van der Waals surface area contributed by atoms with Crippen molar-refractivity contribution in [2.24, 2.45) is 5.16 Å². The molecule has 1 atom stereocenters. The molecule has 39 heavy (non-hydrogen) atoms. The molecule has 0 fully saturated rings. The van der Waals surface area contributed by atoms with Crippen LogP contribution in [0.15, 0.2) is 53.7 Å². The van der Waals surface area contributed by atoms with Crippen LogP contribution in [0.1, 0.15) is 34.8 Å². The van der Waals surface area contributed by atoms with Crippen LogP contribution in [-0.4, -0.2) is 44.5 Å². The van der Waals surface area contributed by atoms with Crippen molar-refractivity contribution in [1.29, 1.82) is 0 Å². The summed E-state index contributed by atoms with van der Waals surface area (Å²) in [5.74, 6) is 1.93. The molecular formula is C29H29N3O6S. The van der Waals surface area contributed by atoms with E-state index >= 15 is 0 Å². The highest BCUT2D eigenvalue weighted by atomic mass is 32.1. The van der Waals surface area contributed by atoms with Crippen LogP contribution < -0.4 is 24.3 Å². The molecule has 0 spiro atoms. The molecule has 9 nitrogen and oxygen atoms in total. The SMILES string of the molecule is COc1cc(C2=NOC(c3ccc(C)c(OCC(=O)Nc4nc5ccc(C)cc5s4)c3)C2)cc(OC)c1OC. The average molecular weight is 548 g/mol. The van der Waals surface area contributed by atoms with Gasteiger partial charge in [0.05, 0.1) is 37.3 Å². The Morgan fingerprint density at radius 2 is 1.77 bits per heavy atom. The number of methoxy groups -OCH3 is 3.